The van der Waals surface area contributed by atoms with Gasteiger partial charge < -0.3 is 5.32 Å². The van der Waals surface area contributed by atoms with Gasteiger partial charge in [0.1, 0.15) is 0 Å². The van der Waals surface area contributed by atoms with Crippen molar-refractivity contribution in [3.8, 4) is 0 Å². The first kappa shape index (κ1) is 16.1. The van der Waals surface area contributed by atoms with E-state index in [0.717, 1.165) is 24.3 Å². The number of hydrogen-bond acceptors (Lipinski definition) is 1. The maximum atomic E-state index is 3.67. The van der Waals surface area contributed by atoms with E-state index in [0.29, 0.717) is 6.04 Å². The molecule has 1 nitrogen and oxygen atoms in total. The Morgan fingerprint density at radius 3 is 2.25 bits per heavy atom. The van der Waals surface area contributed by atoms with E-state index in [9.17, 15) is 0 Å². The Bertz CT molecular complexity index is 291. The van der Waals surface area contributed by atoms with Crippen molar-refractivity contribution in [2.24, 2.45) is 17.8 Å². The third-order valence-electron chi connectivity index (χ3n) is 5.35. The van der Waals surface area contributed by atoms with E-state index >= 15 is 0 Å². The lowest BCUT2D eigenvalue weighted by Crippen LogP contribution is -2.28. The minimum atomic E-state index is 0.605. The molecule has 0 unspecified atom stereocenters. The zero-order valence-electron chi connectivity index (χ0n) is 14.0. The van der Waals surface area contributed by atoms with E-state index in [2.05, 4.69) is 32.2 Å². The molecule has 0 radical (unpaired) electrons. The van der Waals surface area contributed by atoms with Gasteiger partial charge in [0, 0.05) is 12.6 Å². The molecular formula is C19H35N. The summed E-state index contributed by atoms with van der Waals surface area (Å²) in [6.07, 6.45) is 15.7. The van der Waals surface area contributed by atoms with E-state index in [-0.39, 0.29) is 0 Å². The highest BCUT2D eigenvalue weighted by atomic mass is 14.9. The highest BCUT2D eigenvalue weighted by Gasteiger charge is 2.21. The van der Waals surface area contributed by atoms with Crippen molar-refractivity contribution >= 4 is 0 Å². The van der Waals surface area contributed by atoms with Crippen molar-refractivity contribution in [1.29, 1.82) is 0 Å². The number of rotatable bonds is 5. The summed E-state index contributed by atoms with van der Waals surface area (Å²) in [6.45, 7) is 8.08. The van der Waals surface area contributed by atoms with Crippen molar-refractivity contribution in [1.82, 2.24) is 5.32 Å². The van der Waals surface area contributed by atoms with Crippen molar-refractivity contribution < 1.29 is 0 Å². The lowest BCUT2D eigenvalue weighted by Gasteiger charge is -2.29. The van der Waals surface area contributed by atoms with Gasteiger partial charge in [0.05, 0.1) is 0 Å². The largest absolute Gasteiger partial charge is 0.311 e. The van der Waals surface area contributed by atoms with Gasteiger partial charge in [-0.15, -0.1) is 0 Å². The molecule has 2 saturated carbocycles. The van der Waals surface area contributed by atoms with Gasteiger partial charge in [-0.3, -0.25) is 0 Å². The first-order valence-electron chi connectivity index (χ1n) is 9.09. The average molecular weight is 277 g/mol. The van der Waals surface area contributed by atoms with Gasteiger partial charge in [-0.05, 0) is 43.4 Å². The molecule has 0 atom stereocenters. The highest BCUT2D eigenvalue weighted by molar-refractivity contribution is 5.12. The lowest BCUT2D eigenvalue weighted by atomic mass is 9.78. The summed E-state index contributed by atoms with van der Waals surface area (Å²) in [5, 5.41) is 3.67. The van der Waals surface area contributed by atoms with Crippen LogP contribution in [0.4, 0.5) is 0 Å². The normalized spacial score (nSPS) is 29.9. The van der Waals surface area contributed by atoms with Gasteiger partial charge in [-0.2, -0.15) is 0 Å². The summed E-state index contributed by atoms with van der Waals surface area (Å²) in [5.41, 5.74) is 1.75. The molecule has 0 aliphatic heterocycles. The third kappa shape index (κ3) is 5.24. The summed E-state index contributed by atoms with van der Waals surface area (Å²) in [4.78, 5) is 0. The molecule has 116 valence electrons. The van der Waals surface area contributed by atoms with Gasteiger partial charge in [0.25, 0.3) is 0 Å². The van der Waals surface area contributed by atoms with Crippen LogP contribution in [0.3, 0.4) is 0 Å². The molecular weight excluding hydrogens is 242 g/mol. The van der Waals surface area contributed by atoms with Crippen LogP contribution in [0.5, 0.6) is 0 Å². The van der Waals surface area contributed by atoms with Gasteiger partial charge >= 0.3 is 0 Å². The fourth-order valence-electron chi connectivity index (χ4n) is 3.89. The Balaban J connectivity index is 1.96. The quantitative estimate of drug-likeness (QED) is 0.671. The standard InChI is InChI=1S/C19H35N/c1-15(2)20-14-19(18-7-5-4-6-8-18)13-17-11-9-16(3)10-12-17/h13,15-18,20H,4-12,14H2,1-3H3/b19-13-. The molecule has 0 aromatic rings. The number of allylic oxidation sites excluding steroid dienone is 1. The molecule has 1 heteroatoms. The van der Waals surface area contributed by atoms with Crippen molar-refractivity contribution in [3.05, 3.63) is 11.6 Å². The molecule has 0 amide bonds. The SMILES string of the molecule is CC1CCC(/C=C(/CNC(C)C)C2CCCCC2)CC1. The average Bonchev–Trinajstić information content (AvgIpc) is 2.46. The van der Waals surface area contributed by atoms with Crippen LogP contribution in [0, 0.1) is 17.8 Å². The summed E-state index contributed by atoms with van der Waals surface area (Å²) >= 11 is 0. The molecule has 2 rings (SSSR count). The summed E-state index contributed by atoms with van der Waals surface area (Å²) in [6, 6.07) is 0.605. The molecule has 2 fully saturated rings. The van der Waals surface area contributed by atoms with Gasteiger partial charge in [0.2, 0.25) is 0 Å². The van der Waals surface area contributed by atoms with Gasteiger partial charge in [-0.25, -0.2) is 0 Å². The molecule has 0 aromatic heterocycles. The molecule has 0 spiro atoms. The second-order valence-electron chi connectivity index (χ2n) is 7.63. The second kappa shape index (κ2) is 8.22. The predicted octanol–water partition coefficient (Wildman–Crippen LogP) is 5.32. The van der Waals surface area contributed by atoms with Crippen molar-refractivity contribution in [2.75, 3.05) is 6.54 Å². The van der Waals surface area contributed by atoms with Crippen molar-refractivity contribution in [2.45, 2.75) is 84.6 Å². The first-order chi connectivity index (χ1) is 9.65. The predicted molar refractivity (Wildman–Crippen MR) is 88.9 cm³/mol. The Labute approximate surface area is 126 Å². The lowest BCUT2D eigenvalue weighted by molar-refractivity contribution is 0.324. The Morgan fingerprint density at radius 1 is 1.00 bits per heavy atom. The van der Waals surface area contributed by atoms with Crippen LogP contribution in [0.15, 0.2) is 11.6 Å². The monoisotopic (exact) mass is 277 g/mol. The third-order valence-corrected chi connectivity index (χ3v) is 5.35. The minimum Gasteiger partial charge on any atom is -0.311 e. The van der Waals surface area contributed by atoms with Crippen LogP contribution in [-0.2, 0) is 0 Å². The van der Waals surface area contributed by atoms with E-state index < -0.39 is 0 Å². The zero-order chi connectivity index (χ0) is 14.4. The molecule has 0 saturated heterocycles. The van der Waals surface area contributed by atoms with E-state index in [1.807, 2.05) is 0 Å². The molecule has 20 heavy (non-hydrogen) atoms. The first-order valence-corrected chi connectivity index (χ1v) is 9.09. The fraction of sp³-hybridized carbons (Fsp3) is 0.895. The smallest absolute Gasteiger partial charge is 0.0169 e. The maximum Gasteiger partial charge on any atom is 0.0169 e. The van der Waals surface area contributed by atoms with Crippen LogP contribution >= 0.6 is 0 Å². The van der Waals surface area contributed by atoms with Crippen LogP contribution in [-0.4, -0.2) is 12.6 Å². The highest BCUT2D eigenvalue weighted by Crippen LogP contribution is 2.34. The van der Waals surface area contributed by atoms with E-state index in [1.54, 1.807) is 5.57 Å². The number of nitrogens with one attached hydrogen (secondary N) is 1. The zero-order valence-corrected chi connectivity index (χ0v) is 14.0. The summed E-state index contributed by atoms with van der Waals surface area (Å²) in [7, 11) is 0. The van der Waals surface area contributed by atoms with Crippen LogP contribution in [0.2, 0.25) is 0 Å². The summed E-state index contributed by atoms with van der Waals surface area (Å²) < 4.78 is 0. The molecule has 2 aliphatic rings. The minimum absolute atomic E-state index is 0.605. The molecule has 0 heterocycles. The second-order valence-corrected chi connectivity index (χ2v) is 7.63. The Kier molecular flexibility index (Phi) is 6.61. The van der Waals surface area contributed by atoms with Crippen molar-refractivity contribution in [3.63, 3.8) is 0 Å². The molecule has 2 aliphatic carbocycles. The van der Waals surface area contributed by atoms with E-state index in [4.69, 9.17) is 0 Å². The maximum absolute atomic E-state index is 3.67. The van der Waals surface area contributed by atoms with Crippen LogP contribution in [0.1, 0.15) is 78.6 Å². The van der Waals surface area contributed by atoms with Gasteiger partial charge in [-0.1, -0.05) is 64.5 Å². The molecule has 0 aromatic carbocycles. The van der Waals surface area contributed by atoms with Crippen LogP contribution < -0.4 is 5.32 Å². The Hall–Kier alpha value is -0.300. The van der Waals surface area contributed by atoms with E-state index in [1.165, 1.54) is 57.8 Å². The number of hydrogen-bond donors (Lipinski definition) is 1. The Morgan fingerprint density at radius 2 is 1.65 bits per heavy atom. The topological polar surface area (TPSA) is 12.0 Å². The molecule has 1 N–H and O–H groups in total. The van der Waals surface area contributed by atoms with Crippen LogP contribution in [0.25, 0.3) is 0 Å². The molecule has 0 bridgehead atoms. The fourth-order valence-corrected chi connectivity index (χ4v) is 3.89. The summed E-state index contributed by atoms with van der Waals surface area (Å²) in [5.74, 6) is 2.72. The van der Waals surface area contributed by atoms with Gasteiger partial charge in [0.15, 0.2) is 0 Å².